The molecular formula is C14H12N8. The van der Waals surface area contributed by atoms with Gasteiger partial charge in [0.2, 0.25) is 0 Å². The van der Waals surface area contributed by atoms with Crippen molar-refractivity contribution in [2.75, 3.05) is 0 Å². The SMILES string of the molecule is Cc1cc(C)n(-c2nnc3nnc(-c4ccccc4)n3n2)n1. The molecule has 1 aromatic carbocycles. The Hall–Kier alpha value is -3.16. The molecule has 3 aromatic heterocycles. The van der Waals surface area contributed by atoms with E-state index in [0.717, 1.165) is 17.0 Å². The van der Waals surface area contributed by atoms with Crippen LogP contribution in [0.5, 0.6) is 0 Å². The lowest BCUT2D eigenvalue weighted by Gasteiger charge is -2.02. The Morgan fingerprint density at radius 1 is 0.864 bits per heavy atom. The summed E-state index contributed by atoms with van der Waals surface area (Å²) in [5.74, 6) is 1.35. The van der Waals surface area contributed by atoms with Gasteiger partial charge in [-0.2, -0.15) is 9.61 Å². The summed E-state index contributed by atoms with van der Waals surface area (Å²) < 4.78 is 3.23. The first-order valence-corrected chi connectivity index (χ1v) is 6.77. The standard InChI is InChI=1S/C14H12N8/c1-9-8-10(2)21(19-9)14-18-17-13-16-15-12(22(13)20-14)11-6-4-3-5-7-11/h3-8H,1-2H3. The Morgan fingerprint density at radius 3 is 2.36 bits per heavy atom. The molecule has 0 atom stereocenters. The van der Waals surface area contributed by atoms with Crippen molar-refractivity contribution in [2.24, 2.45) is 0 Å². The van der Waals surface area contributed by atoms with Crippen LogP contribution < -0.4 is 0 Å². The minimum absolute atomic E-state index is 0.351. The highest BCUT2D eigenvalue weighted by atomic mass is 15.5. The van der Waals surface area contributed by atoms with Crippen molar-refractivity contribution < 1.29 is 0 Å². The zero-order chi connectivity index (χ0) is 15.1. The molecule has 0 fully saturated rings. The van der Waals surface area contributed by atoms with Gasteiger partial charge in [-0.25, -0.2) is 4.68 Å². The van der Waals surface area contributed by atoms with E-state index < -0.39 is 0 Å². The van der Waals surface area contributed by atoms with Gasteiger partial charge in [0.25, 0.3) is 11.7 Å². The number of aryl methyl sites for hydroxylation is 2. The number of rotatable bonds is 2. The molecule has 0 saturated carbocycles. The molecular weight excluding hydrogens is 280 g/mol. The van der Waals surface area contributed by atoms with Crippen LogP contribution in [0, 0.1) is 13.8 Å². The van der Waals surface area contributed by atoms with E-state index in [1.165, 1.54) is 0 Å². The Bertz CT molecular complexity index is 954. The van der Waals surface area contributed by atoms with E-state index in [-0.39, 0.29) is 0 Å². The van der Waals surface area contributed by atoms with Crippen LogP contribution in [-0.4, -0.2) is 39.8 Å². The van der Waals surface area contributed by atoms with Gasteiger partial charge in [-0.1, -0.05) is 30.3 Å². The molecule has 0 aliphatic rings. The number of aromatic nitrogens is 8. The topological polar surface area (TPSA) is 86.7 Å². The molecule has 0 radical (unpaired) electrons. The van der Waals surface area contributed by atoms with E-state index in [0.29, 0.717) is 17.6 Å². The van der Waals surface area contributed by atoms with E-state index >= 15 is 0 Å². The Morgan fingerprint density at radius 2 is 1.64 bits per heavy atom. The summed E-state index contributed by atoms with van der Waals surface area (Å²) in [6.07, 6.45) is 0. The molecule has 0 bridgehead atoms. The zero-order valence-electron chi connectivity index (χ0n) is 12.0. The number of hydrogen-bond acceptors (Lipinski definition) is 6. The van der Waals surface area contributed by atoms with Crippen LogP contribution in [-0.2, 0) is 0 Å². The minimum atomic E-state index is 0.351. The summed E-state index contributed by atoms with van der Waals surface area (Å²) >= 11 is 0. The smallest absolute Gasteiger partial charge is 0.200 e. The van der Waals surface area contributed by atoms with Crippen LogP contribution in [0.4, 0.5) is 0 Å². The molecule has 8 nitrogen and oxygen atoms in total. The van der Waals surface area contributed by atoms with E-state index in [2.05, 4.69) is 30.6 Å². The monoisotopic (exact) mass is 292 g/mol. The van der Waals surface area contributed by atoms with Gasteiger partial charge in [-0.05, 0) is 19.9 Å². The molecule has 3 heterocycles. The number of nitrogens with zero attached hydrogens (tertiary/aromatic N) is 8. The highest BCUT2D eigenvalue weighted by Crippen LogP contribution is 2.16. The summed E-state index contributed by atoms with van der Waals surface area (Å²) in [5.41, 5.74) is 2.75. The third-order valence-electron chi connectivity index (χ3n) is 3.27. The van der Waals surface area contributed by atoms with Crippen LogP contribution in [0.1, 0.15) is 11.4 Å². The molecule has 22 heavy (non-hydrogen) atoms. The fraction of sp³-hybridized carbons (Fsp3) is 0.143. The molecule has 8 heteroatoms. The number of hydrogen-bond donors (Lipinski definition) is 0. The molecule has 108 valence electrons. The van der Waals surface area contributed by atoms with Crippen LogP contribution >= 0.6 is 0 Å². The van der Waals surface area contributed by atoms with Gasteiger partial charge in [0.1, 0.15) is 0 Å². The number of benzene rings is 1. The first-order valence-electron chi connectivity index (χ1n) is 6.77. The van der Waals surface area contributed by atoms with Crippen molar-refractivity contribution in [1.29, 1.82) is 0 Å². The first kappa shape index (κ1) is 12.6. The van der Waals surface area contributed by atoms with E-state index in [1.54, 1.807) is 9.20 Å². The molecule has 0 aliphatic heterocycles. The highest BCUT2D eigenvalue weighted by molar-refractivity contribution is 5.56. The third kappa shape index (κ3) is 1.93. The first-order chi connectivity index (χ1) is 10.7. The number of fused-ring (bicyclic) bond motifs is 1. The van der Waals surface area contributed by atoms with Gasteiger partial charge >= 0.3 is 0 Å². The summed E-state index contributed by atoms with van der Waals surface area (Å²) in [7, 11) is 0. The zero-order valence-corrected chi connectivity index (χ0v) is 12.0. The molecule has 4 rings (SSSR count). The molecule has 0 spiro atoms. The van der Waals surface area contributed by atoms with E-state index in [1.807, 2.05) is 50.2 Å². The van der Waals surface area contributed by atoms with Crippen LogP contribution in [0.25, 0.3) is 23.1 Å². The predicted molar refractivity (Wildman–Crippen MR) is 78.4 cm³/mol. The maximum Gasteiger partial charge on any atom is 0.291 e. The maximum absolute atomic E-state index is 4.47. The van der Waals surface area contributed by atoms with Gasteiger partial charge < -0.3 is 0 Å². The van der Waals surface area contributed by atoms with E-state index in [9.17, 15) is 0 Å². The van der Waals surface area contributed by atoms with Crippen LogP contribution in [0.2, 0.25) is 0 Å². The van der Waals surface area contributed by atoms with Crippen molar-refractivity contribution in [3.63, 3.8) is 0 Å². The molecule has 0 saturated heterocycles. The van der Waals surface area contributed by atoms with Crippen molar-refractivity contribution >= 4 is 5.78 Å². The second kappa shape index (κ2) is 4.69. The van der Waals surface area contributed by atoms with Crippen LogP contribution in [0.15, 0.2) is 36.4 Å². The average Bonchev–Trinajstić information content (AvgIpc) is 3.10. The lowest BCUT2D eigenvalue weighted by Crippen LogP contribution is -2.10. The minimum Gasteiger partial charge on any atom is -0.200 e. The van der Waals surface area contributed by atoms with Crippen LogP contribution in [0.3, 0.4) is 0 Å². The largest absolute Gasteiger partial charge is 0.291 e. The third-order valence-corrected chi connectivity index (χ3v) is 3.27. The van der Waals surface area contributed by atoms with Crippen molar-refractivity contribution in [1.82, 2.24) is 39.8 Å². The second-order valence-corrected chi connectivity index (χ2v) is 4.94. The second-order valence-electron chi connectivity index (χ2n) is 4.94. The molecule has 0 unspecified atom stereocenters. The van der Waals surface area contributed by atoms with Crippen molar-refractivity contribution in [3.8, 4) is 17.3 Å². The van der Waals surface area contributed by atoms with Gasteiger partial charge in [-0.15, -0.1) is 25.5 Å². The van der Waals surface area contributed by atoms with Gasteiger partial charge in [-0.3, -0.25) is 0 Å². The Kier molecular flexibility index (Phi) is 2.68. The van der Waals surface area contributed by atoms with Gasteiger partial charge in [0, 0.05) is 11.3 Å². The fourth-order valence-corrected chi connectivity index (χ4v) is 2.31. The lowest BCUT2D eigenvalue weighted by molar-refractivity contribution is 0.700. The highest BCUT2D eigenvalue weighted by Gasteiger charge is 2.14. The normalized spacial score (nSPS) is 11.2. The maximum atomic E-state index is 4.47. The summed E-state index contributed by atoms with van der Waals surface area (Å²) in [6.45, 7) is 3.86. The summed E-state index contributed by atoms with van der Waals surface area (Å²) in [4.78, 5) is 0. The summed E-state index contributed by atoms with van der Waals surface area (Å²) in [5, 5.41) is 25.1. The van der Waals surface area contributed by atoms with Gasteiger partial charge in [0.15, 0.2) is 5.82 Å². The average molecular weight is 292 g/mol. The van der Waals surface area contributed by atoms with Crippen molar-refractivity contribution in [2.45, 2.75) is 13.8 Å². The molecule has 0 aliphatic carbocycles. The predicted octanol–water partition coefficient (Wildman–Crippen LogP) is 1.38. The fourth-order valence-electron chi connectivity index (χ4n) is 2.31. The quantitative estimate of drug-likeness (QED) is 0.555. The molecule has 0 amide bonds. The van der Waals surface area contributed by atoms with Gasteiger partial charge in [0.05, 0.1) is 5.69 Å². The molecule has 4 aromatic rings. The van der Waals surface area contributed by atoms with E-state index in [4.69, 9.17) is 0 Å². The Balaban J connectivity index is 1.92. The van der Waals surface area contributed by atoms with Crippen molar-refractivity contribution in [3.05, 3.63) is 47.8 Å². The lowest BCUT2D eigenvalue weighted by atomic mass is 10.2. The summed E-state index contributed by atoms with van der Waals surface area (Å²) in [6, 6.07) is 11.7. The Labute approximate surface area is 125 Å². The molecule has 0 N–H and O–H groups in total.